The second kappa shape index (κ2) is 7.99. The molecule has 0 bridgehead atoms. The zero-order valence-electron chi connectivity index (χ0n) is 19.7. The van der Waals surface area contributed by atoms with Crippen LogP contribution < -0.4 is 42.4 Å². The van der Waals surface area contributed by atoms with E-state index in [0.717, 1.165) is 19.4 Å². The Balaban J connectivity index is 1.84. The normalized spacial score (nSPS) is 18.1. The molecule has 4 aliphatic rings. The minimum absolute atomic E-state index is 0.0789. The Morgan fingerprint density at radius 1 is 0.974 bits per heavy atom. The van der Waals surface area contributed by atoms with Crippen LogP contribution in [0.2, 0.25) is 0 Å². The molecule has 0 amide bonds. The molecular weight excluding hydrogens is 627 g/mol. The molecule has 12 nitrogen and oxygen atoms in total. The number of phenolic OH excluding ortho intramolecular Hbond substituents is 1. The summed E-state index contributed by atoms with van der Waals surface area (Å²) in [6.07, 6.45) is 1.03. The zero-order valence-corrected chi connectivity index (χ0v) is 21.9. The first-order chi connectivity index (χ1) is 18.5. The van der Waals surface area contributed by atoms with Crippen LogP contribution in [-0.2, 0) is 11.8 Å². The number of halogens is 1. The summed E-state index contributed by atoms with van der Waals surface area (Å²) >= 11 is 1.94. The minimum Gasteiger partial charge on any atom is -0.510 e. The highest BCUT2D eigenvalue weighted by Crippen LogP contribution is 2.55. The van der Waals surface area contributed by atoms with E-state index in [4.69, 9.17) is 9.94 Å². The average molecular weight is 642 g/mol. The van der Waals surface area contributed by atoms with Crippen molar-refractivity contribution in [2.24, 2.45) is 5.16 Å². The summed E-state index contributed by atoms with van der Waals surface area (Å²) in [5, 5.41) is 43.4. The lowest BCUT2D eigenvalue weighted by atomic mass is 9.78. The van der Waals surface area contributed by atoms with Crippen LogP contribution >= 0.6 is 22.6 Å². The van der Waals surface area contributed by atoms with E-state index in [9.17, 15) is 39.3 Å². The number of ether oxygens (including phenoxy) is 1. The number of aromatic amines is 1. The Kier molecular flexibility index (Phi) is 5.08. The molecule has 1 spiro atoms. The lowest BCUT2D eigenvalue weighted by Gasteiger charge is -2.27. The number of hydrogen-bond donors (Lipinski definition) is 5. The summed E-state index contributed by atoms with van der Waals surface area (Å²) in [6, 6.07) is 2.24. The van der Waals surface area contributed by atoms with Gasteiger partial charge in [0, 0.05) is 20.6 Å². The summed E-state index contributed by atoms with van der Waals surface area (Å²) in [5.74, 6) is -2.61. The number of phenols is 1. The molecule has 5 N–H and O–H groups in total. The smallest absolute Gasteiger partial charge is 0.260 e. The highest BCUT2D eigenvalue weighted by atomic mass is 127. The number of aromatic hydroxyl groups is 1. The van der Waals surface area contributed by atoms with Crippen molar-refractivity contribution in [2.75, 3.05) is 7.11 Å². The van der Waals surface area contributed by atoms with Crippen LogP contribution in [0.3, 0.4) is 0 Å². The number of nitrogens with one attached hydrogen (secondary N) is 1. The lowest BCUT2D eigenvalue weighted by molar-refractivity contribution is 0.321. The third kappa shape index (κ3) is 2.82. The van der Waals surface area contributed by atoms with Crippen LogP contribution in [0.1, 0.15) is 23.2 Å². The maximum absolute atomic E-state index is 13.5. The van der Waals surface area contributed by atoms with Crippen LogP contribution in [0.25, 0.3) is 22.3 Å². The zero-order chi connectivity index (χ0) is 28.1. The maximum Gasteiger partial charge on any atom is 0.260 e. The van der Waals surface area contributed by atoms with Crippen LogP contribution in [0, 0.1) is 14.0 Å². The van der Waals surface area contributed by atoms with E-state index in [0.29, 0.717) is 14.5 Å². The van der Waals surface area contributed by atoms with Crippen molar-refractivity contribution in [3.63, 3.8) is 0 Å². The predicted octanol–water partition coefficient (Wildman–Crippen LogP) is -1.07. The molecule has 6 rings (SSSR count). The predicted molar refractivity (Wildman–Crippen MR) is 145 cm³/mol. The number of benzene rings is 1. The molecule has 196 valence electrons. The van der Waals surface area contributed by atoms with E-state index in [1.165, 1.54) is 6.07 Å². The van der Waals surface area contributed by atoms with Crippen molar-refractivity contribution in [2.45, 2.75) is 18.3 Å². The van der Waals surface area contributed by atoms with Crippen molar-refractivity contribution in [1.29, 1.82) is 0 Å². The molecule has 13 heteroatoms. The van der Waals surface area contributed by atoms with Gasteiger partial charge in [0.1, 0.15) is 22.7 Å². The van der Waals surface area contributed by atoms with Gasteiger partial charge in [-0.1, -0.05) is 5.16 Å². The molecule has 39 heavy (non-hydrogen) atoms. The first-order valence-corrected chi connectivity index (χ1v) is 12.4. The molecule has 4 aliphatic carbocycles. The molecule has 0 unspecified atom stereocenters. The monoisotopic (exact) mass is 642 g/mol. The molecule has 1 atom stereocenters. The average Bonchev–Trinajstić information content (AvgIpc) is 3.40. The van der Waals surface area contributed by atoms with E-state index in [2.05, 4.69) is 10.1 Å². The van der Waals surface area contributed by atoms with Gasteiger partial charge in [-0.2, -0.15) is 0 Å². The van der Waals surface area contributed by atoms with Gasteiger partial charge in [0.05, 0.1) is 45.3 Å². The molecular formula is C26H15IN2O10. The summed E-state index contributed by atoms with van der Waals surface area (Å²) in [5.41, 5.74) is -6.51. The van der Waals surface area contributed by atoms with Crippen molar-refractivity contribution >= 4 is 51.1 Å². The number of oxime groups is 1. The van der Waals surface area contributed by atoms with Gasteiger partial charge in [-0.05, 0) is 47.1 Å². The van der Waals surface area contributed by atoms with Crippen LogP contribution in [0.4, 0.5) is 0 Å². The van der Waals surface area contributed by atoms with Crippen molar-refractivity contribution in [3.05, 3.63) is 105 Å². The Morgan fingerprint density at radius 3 is 2.23 bits per heavy atom. The van der Waals surface area contributed by atoms with E-state index in [1.807, 2.05) is 22.6 Å². The molecule has 0 aliphatic heterocycles. The van der Waals surface area contributed by atoms with Gasteiger partial charge < -0.3 is 30.2 Å². The first-order valence-electron chi connectivity index (χ1n) is 11.4. The second-order valence-electron chi connectivity index (χ2n) is 9.27. The molecule has 1 heterocycles. The summed E-state index contributed by atoms with van der Waals surface area (Å²) < 4.78 is 5.35. The Bertz CT molecular complexity index is 2330. The lowest BCUT2D eigenvalue weighted by Crippen LogP contribution is -2.51. The van der Waals surface area contributed by atoms with Crippen molar-refractivity contribution in [3.8, 4) is 11.5 Å². The van der Waals surface area contributed by atoms with Crippen molar-refractivity contribution < 1.29 is 25.3 Å². The minimum atomic E-state index is -1.99. The first kappa shape index (κ1) is 24.8. The molecule has 2 aromatic rings. The van der Waals surface area contributed by atoms with Crippen LogP contribution in [-0.4, -0.2) is 38.8 Å². The molecule has 0 radical (unpaired) electrons. The third-order valence-corrected chi connectivity index (χ3v) is 8.81. The van der Waals surface area contributed by atoms with Crippen LogP contribution in [0.15, 0.2) is 41.3 Å². The SMILES string of the molecule is COc1cc(=O)c2c(=O)c3c(c(=O)c=2c1=O)=C(O)[C@]1(CCc2c1c(O)c1c(=O)[nH]c(/C=N/O)cc1c2I)C=3O. The number of pyridine rings is 1. The number of nitrogens with zero attached hydrogens (tertiary/aromatic N) is 1. The van der Waals surface area contributed by atoms with E-state index < -0.39 is 76.6 Å². The summed E-state index contributed by atoms with van der Waals surface area (Å²) in [7, 11) is 1.11. The van der Waals surface area contributed by atoms with Gasteiger partial charge >= 0.3 is 0 Å². The van der Waals surface area contributed by atoms with E-state index in [1.54, 1.807) is 0 Å². The number of aliphatic hydroxyl groups excluding tert-OH is 2. The van der Waals surface area contributed by atoms with Gasteiger partial charge in [0.15, 0.2) is 11.2 Å². The number of rotatable bonds is 2. The number of aromatic nitrogens is 1. The fourth-order valence-electron chi connectivity index (χ4n) is 5.94. The fraction of sp³-hybridized carbons (Fsp3) is 0.154. The van der Waals surface area contributed by atoms with E-state index >= 15 is 0 Å². The van der Waals surface area contributed by atoms with Gasteiger partial charge in [-0.3, -0.25) is 24.0 Å². The second-order valence-corrected chi connectivity index (χ2v) is 10.3. The van der Waals surface area contributed by atoms with Gasteiger partial charge in [-0.25, -0.2) is 0 Å². The molecule has 0 saturated heterocycles. The standard InChI is InChI=1S/C26H15IN2O10/c1-39-11-5-10(30)13-14(19(11)31)21(33)16-15(20(13)32)23(35)26(24(16)36)3-2-8-17(26)22(34)12-9(18(8)27)4-7(6-28-38)29-25(12)37/h4-6,34-36,38H,2-3H2,1H3,(H,29,37)/b28-6+/t26-/m0/s1. The van der Waals surface area contributed by atoms with Gasteiger partial charge in [0.2, 0.25) is 16.3 Å². The van der Waals surface area contributed by atoms with Crippen LogP contribution in [0.5, 0.6) is 11.5 Å². The van der Waals surface area contributed by atoms with Gasteiger partial charge in [-0.15, -0.1) is 0 Å². The molecule has 0 saturated carbocycles. The molecule has 1 aromatic heterocycles. The van der Waals surface area contributed by atoms with E-state index in [-0.39, 0.29) is 29.5 Å². The number of aliphatic hydroxyl groups is 2. The topological polar surface area (TPSA) is 204 Å². The number of H-pyrrole nitrogens is 1. The Hall–Kier alpha value is -4.53. The largest absolute Gasteiger partial charge is 0.510 e. The third-order valence-electron chi connectivity index (χ3n) is 7.57. The highest BCUT2D eigenvalue weighted by molar-refractivity contribution is 14.1. The molecule has 1 aromatic carbocycles. The quantitative estimate of drug-likeness (QED) is 0.0775. The Labute approximate surface area is 227 Å². The summed E-state index contributed by atoms with van der Waals surface area (Å²) in [4.78, 5) is 68.0. The van der Waals surface area contributed by atoms with Gasteiger partial charge in [0.25, 0.3) is 5.56 Å². The highest BCUT2D eigenvalue weighted by Gasteiger charge is 2.53. The maximum atomic E-state index is 13.5. The van der Waals surface area contributed by atoms with Crippen molar-refractivity contribution in [1.82, 2.24) is 4.98 Å². The number of methoxy groups -OCH3 is 1. The molecule has 0 fully saturated rings. The number of fused-ring (bicyclic) bond motifs is 4. The number of hydrogen-bond acceptors (Lipinski definition) is 11. The fourth-order valence-corrected chi connectivity index (χ4v) is 6.91. The summed E-state index contributed by atoms with van der Waals surface area (Å²) in [6.45, 7) is 0. The Morgan fingerprint density at radius 2 is 1.62 bits per heavy atom.